The Morgan fingerprint density at radius 1 is 0.900 bits per heavy atom. The van der Waals surface area contributed by atoms with Gasteiger partial charge in [-0.2, -0.15) is 0 Å². The van der Waals surface area contributed by atoms with Gasteiger partial charge in [-0.3, -0.25) is 9.69 Å². The molecule has 1 aliphatic rings. The fourth-order valence-corrected chi connectivity index (χ4v) is 3.01. The molecule has 0 atom stereocenters. The summed E-state index contributed by atoms with van der Waals surface area (Å²) in [6.07, 6.45) is 0. The van der Waals surface area contributed by atoms with Gasteiger partial charge in [0.15, 0.2) is 6.61 Å². The summed E-state index contributed by atoms with van der Waals surface area (Å²) in [5.74, 6) is -2.88. The minimum Gasteiger partial charge on any atom is -0.484 e. The Morgan fingerprint density at radius 2 is 1.53 bits per heavy atom. The second-order valence-electron chi connectivity index (χ2n) is 6.50. The predicted octanol–water partition coefficient (Wildman–Crippen LogP) is 2.22. The molecule has 1 amide bonds. The molecule has 2 N–H and O–H groups in total. The molecule has 1 heterocycles. The van der Waals surface area contributed by atoms with E-state index in [1.54, 1.807) is 0 Å². The topological polar surface area (TPSA) is 107 Å². The lowest BCUT2D eigenvalue weighted by Gasteiger charge is -2.34. The molecule has 0 unspecified atom stereocenters. The second kappa shape index (κ2) is 11.8. The number of hydrogen-bond donors (Lipinski definition) is 2. The highest BCUT2D eigenvalue weighted by molar-refractivity contribution is 6.30. The van der Waals surface area contributed by atoms with Crippen LogP contribution in [0.3, 0.4) is 0 Å². The fraction of sp³-hybridized carbons (Fsp3) is 0.286. The van der Waals surface area contributed by atoms with Gasteiger partial charge in [-0.25, -0.2) is 9.59 Å². The Balaban J connectivity index is 0.000000469. The maximum atomic E-state index is 12.2. The lowest BCUT2D eigenvalue weighted by Crippen LogP contribution is -2.49. The number of nitrogens with zero attached hydrogens (tertiary/aromatic N) is 2. The Labute approximate surface area is 179 Å². The highest BCUT2D eigenvalue weighted by Gasteiger charge is 2.21. The molecule has 1 aliphatic heterocycles. The number of rotatable bonds is 5. The maximum Gasteiger partial charge on any atom is 0.414 e. The van der Waals surface area contributed by atoms with Crippen molar-refractivity contribution in [2.45, 2.75) is 6.54 Å². The van der Waals surface area contributed by atoms with Crippen LogP contribution in [0.25, 0.3) is 0 Å². The minimum absolute atomic E-state index is 0.0428. The molecular formula is C21H23ClN2O6. The third-order valence-electron chi connectivity index (χ3n) is 4.31. The molecule has 0 radical (unpaired) electrons. The number of benzene rings is 2. The van der Waals surface area contributed by atoms with Gasteiger partial charge in [0.25, 0.3) is 5.91 Å². The number of carboxylic acid groups (broad SMARTS) is 2. The molecule has 0 bridgehead atoms. The first kappa shape index (κ1) is 23.2. The molecule has 8 nitrogen and oxygen atoms in total. The number of carboxylic acids is 2. The van der Waals surface area contributed by atoms with Gasteiger partial charge in [0.2, 0.25) is 0 Å². The molecule has 2 aromatic rings. The monoisotopic (exact) mass is 434 g/mol. The van der Waals surface area contributed by atoms with Crippen LogP contribution in [0.5, 0.6) is 5.75 Å². The zero-order valence-corrected chi connectivity index (χ0v) is 17.0. The Hall–Kier alpha value is -3.10. The van der Waals surface area contributed by atoms with E-state index in [4.69, 9.17) is 36.1 Å². The van der Waals surface area contributed by atoms with Crippen LogP contribution in [0.15, 0.2) is 54.6 Å². The van der Waals surface area contributed by atoms with E-state index in [9.17, 15) is 4.79 Å². The summed E-state index contributed by atoms with van der Waals surface area (Å²) in [6, 6.07) is 17.4. The molecule has 3 rings (SSSR count). The van der Waals surface area contributed by atoms with Gasteiger partial charge in [-0.05, 0) is 29.8 Å². The van der Waals surface area contributed by atoms with E-state index < -0.39 is 11.9 Å². The van der Waals surface area contributed by atoms with Crippen molar-refractivity contribution in [3.05, 3.63) is 65.2 Å². The van der Waals surface area contributed by atoms with Crippen molar-refractivity contribution in [2.24, 2.45) is 0 Å². The lowest BCUT2D eigenvalue weighted by atomic mass is 10.2. The van der Waals surface area contributed by atoms with E-state index in [0.717, 1.165) is 43.5 Å². The van der Waals surface area contributed by atoms with E-state index >= 15 is 0 Å². The second-order valence-corrected chi connectivity index (χ2v) is 6.94. The Bertz CT molecular complexity index is 842. The highest BCUT2D eigenvalue weighted by atomic mass is 35.5. The maximum absolute atomic E-state index is 12.2. The number of carbonyl (C=O) groups excluding carboxylic acids is 1. The van der Waals surface area contributed by atoms with Gasteiger partial charge in [-0.15, -0.1) is 0 Å². The van der Waals surface area contributed by atoms with E-state index in [1.807, 2.05) is 53.4 Å². The van der Waals surface area contributed by atoms with Gasteiger partial charge in [0.1, 0.15) is 5.75 Å². The first-order chi connectivity index (χ1) is 14.3. The largest absolute Gasteiger partial charge is 0.484 e. The summed E-state index contributed by atoms with van der Waals surface area (Å²) in [6.45, 7) is 4.16. The van der Waals surface area contributed by atoms with Crippen LogP contribution in [-0.4, -0.2) is 70.6 Å². The van der Waals surface area contributed by atoms with E-state index in [0.29, 0.717) is 0 Å². The summed E-state index contributed by atoms with van der Waals surface area (Å²) < 4.78 is 5.54. The summed E-state index contributed by atoms with van der Waals surface area (Å²) in [4.78, 5) is 34.7. The minimum atomic E-state index is -1.82. The van der Waals surface area contributed by atoms with Gasteiger partial charge < -0.3 is 19.8 Å². The van der Waals surface area contributed by atoms with Crippen molar-refractivity contribution in [2.75, 3.05) is 32.8 Å². The predicted molar refractivity (Wildman–Crippen MR) is 111 cm³/mol. The molecular weight excluding hydrogens is 412 g/mol. The van der Waals surface area contributed by atoms with Crippen molar-refractivity contribution in [3.63, 3.8) is 0 Å². The van der Waals surface area contributed by atoms with E-state index in [-0.39, 0.29) is 12.5 Å². The number of halogens is 1. The zero-order chi connectivity index (χ0) is 21.9. The first-order valence-corrected chi connectivity index (χ1v) is 9.61. The number of carbonyl (C=O) groups is 3. The molecule has 0 saturated carbocycles. The van der Waals surface area contributed by atoms with Gasteiger partial charge in [0.05, 0.1) is 0 Å². The molecule has 1 fully saturated rings. The van der Waals surface area contributed by atoms with E-state index in [2.05, 4.69) is 11.0 Å². The number of piperazine rings is 1. The first-order valence-electron chi connectivity index (χ1n) is 9.24. The summed E-state index contributed by atoms with van der Waals surface area (Å²) in [7, 11) is 0. The van der Waals surface area contributed by atoms with Crippen LogP contribution in [0.1, 0.15) is 5.56 Å². The van der Waals surface area contributed by atoms with E-state index in [1.165, 1.54) is 5.56 Å². The number of amides is 1. The third kappa shape index (κ3) is 8.10. The fourth-order valence-electron chi connectivity index (χ4n) is 2.80. The Kier molecular flexibility index (Phi) is 9.11. The van der Waals surface area contributed by atoms with Crippen LogP contribution in [0.4, 0.5) is 0 Å². The molecule has 30 heavy (non-hydrogen) atoms. The van der Waals surface area contributed by atoms with Crippen molar-refractivity contribution >= 4 is 29.4 Å². The molecule has 0 aliphatic carbocycles. The summed E-state index contributed by atoms with van der Waals surface area (Å²) >= 11 is 6.03. The molecule has 1 saturated heterocycles. The SMILES string of the molecule is O=C(COc1ccccc1)N1CCN(Cc2cccc(Cl)c2)CC1.O=C(O)C(=O)O. The van der Waals surface area contributed by atoms with Gasteiger partial charge in [-0.1, -0.05) is 41.9 Å². The van der Waals surface area contributed by atoms with Gasteiger partial charge >= 0.3 is 11.9 Å². The van der Waals surface area contributed by atoms with Crippen LogP contribution in [-0.2, 0) is 20.9 Å². The smallest absolute Gasteiger partial charge is 0.414 e. The average Bonchev–Trinajstić information content (AvgIpc) is 2.74. The molecule has 0 aromatic heterocycles. The normalized spacial score (nSPS) is 13.7. The van der Waals surface area contributed by atoms with Crippen molar-refractivity contribution in [1.29, 1.82) is 0 Å². The summed E-state index contributed by atoms with van der Waals surface area (Å²) in [5.41, 5.74) is 1.20. The van der Waals surface area contributed by atoms with Crippen molar-refractivity contribution in [1.82, 2.24) is 9.80 Å². The summed E-state index contributed by atoms with van der Waals surface area (Å²) in [5, 5.41) is 15.5. The molecule has 9 heteroatoms. The van der Waals surface area contributed by atoms with Crippen LogP contribution >= 0.6 is 11.6 Å². The molecule has 2 aromatic carbocycles. The number of aliphatic carboxylic acids is 2. The third-order valence-corrected chi connectivity index (χ3v) is 4.54. The standard InChI is InChI=1S/C19H21ClN2O2.C2H2O4/c20-17-6-4-5-16(13-17)14-21-9-11-22(12-10-21)19(23)15-24-18-7-2-1-3-8-18;3-1(4)2(5)6/h1-8,13H,9-12,14-15H2;(H,3,4)(H,5,6). The van der Waals surface area contributed by atoms with Crippen molar-refractivity contribution in [3.8, 4) is 5.75 Å². The number of ether oxygens (including phenoxy) is 1. The van der Waals surface area contributed by atoms with Crippen LogP contribution in [0, 0.1) is 0 Å². The molecule has 160 valence electrons. The average molecular weight is 435 g/mol. The highest BCUT2D eigenvalue weighted by Crippen LogP contribution is 2.14. The van der Waals surface area contributed by atoms with Crippen molar-refractivity contribution < 1.29 is 29.3 Å². The van der Waals surface area contributed by atoms with Gasteiger partial charge in [0, 0.05) is 37.7 Å². The number of para-hydroxylation sites is 1. The Morgan fingerprint density at radius 3 is 2.10 bits per heavy atom. The quantitative estimate of drug-likeness (QED) is 0.694. The number of hydrogen-bond acceptors (Lipinski definition) is 5. The van der Waals surface area contributed by atoms with Crippen LogP contribution in [0.2, 0.25) is 5.02 Å². The zero-order valence-electron chi connectivity index (χ0n) is 16.2. The van der Waals surface area contributed by atoms with Crippen LogP contribution < -0.4 is 4.74 Å². The molecule has 0 spiro atoms. The lowest BCUT2D eigenvalue weighted by molar-refractivity contribution is -0.159.